The predicted molar refractivity (Wildman–Crippen MR) is 67.2 cm³/mol. The van der Waals surface area contributed by atoms with Gasteiger partial charge in [0, 0.05) is 12.1 Å². The highest BCUT2D eigenvalue weighted by Gasteiger charge is 2.38. The highest BCUT2D eigenvalue weighted by molar-refractivity contribution is 4.97. The number of rotatable bonds is 7. The van der Waals surface area contributed by atoms with Crippen LogP contribution in [-0.4, -0.2) is 37.6 Å². The summed E-state index contributed by atoms with van der Waals surface area (Å²) in [6.45, 7) is 6.97. The molecule has 0 aliphatic heterocycles. The van der Waals surface area contributed by atoms with Crippen molar-refractivity contribution in [1.82, 2.24) is 10.2 Å². The summed E-state index contributed by atoms with van der Waals surface area (Å²) < 4.78 is 0. The molecule has 0 amide bonds. The Balaban J connectivity index is 2.18. The molecule has 1 rings (SSSR count). The molecule has 90 valence electrons. The standard InChI is InChI=1S/C13H28N2/c1-5-7-12(2)10-14-11-13(15(3)4)8-6-9-13/h12,14H,5-11H2,1-4H3. The molecule has 1 N–H and O–H groups in total. The molecule has 1 aliphatic carbocycles. The zero-order valence-electron chi connectivity index (χ0n) is 11.0. The maximum absolute atomic E-state index is 3.65. The third-order valence-electron chi connectivity index (χ3n) is 3.96. The number of likely N-dealkylation sites (N-methyl/N-ethyl adjacent to an activating group) is 1. The number of nitrogens with one attached hydrogen (secondary N) is 1. The minimum atomic E-state index is 0.478. The van der Waals surface area contributed by atoms with Crippen LogP contribution in [0.4, 0.5) is 0 Å². The first-order valence-corrected chi connectivity index (χ1v) is 6.49. The molecule has 0 heterocycles. The molecule has 0 radical (unpaired) electrons. The molecule has 2 nitrogen and oxygen atoms in total. The fraction of sp³-hybridized carbons (Fsp3) is 1.00. The summed E-state index contributed by atoms with van der Waals surface area (Å²) >= 11 is 0. The lowest BCUT2D eigenvalue weighted by Gasteiger charge is -2.47. The first kappa shape index (κ1) is 13.0. The quantitative estimate of drug-likeness (QED) is 0.697. The first-order valence-electron chi connectivity index (χ1n) is 6.49. The van der Waals surface area contributed by atoms with Gasteiger partial charge in [-0.15, -0.1) is 0 Å². The van der Waals surface area contributed by atoms with Gasteiger partial charge in [0.05, 0.1) is 0 Å². The van der Waals surface area contributed by atoms with Gasteiger partial charge in [0.15, 0.2) is 0 Å². The van der Waals surface area contributed by atoms with Crippen LogP contribution in [0, 0.1) is 5.92 Å². The Morgan fingerprint density at radius 3 is 2.40 bits per heavy atom. The zero-order valence-corrected chi connectivity index (χ0v) is 11.0. The van der Waals surface area contributed by atoms with Gasteiger partial charge in [-0.2, -0.15) is 0 Å². The van der Waals surface area contributed by atoms with Crippen molar-refractivity contribution in [1.29, 1.82) is 0 Å². The molecule has 0 saturated heterocycles. The lowest BCUT2D eigenvalue weighted by molar-refractivity contribution is 0.0593. The maximum Gasteiger partial charge on any atom is 0.0327 e. The van der Waals surface area contributed by atoms with Crippen LogP contribution in [-0.2, 0) is 0 Å². The SMILES string of the molecule is CCCC(C)CNCC1(N(C)C)CCC1. The third kappa shape index (κ3) is 3.46. The van der Waals surface area contributed by atoms with E-state index in [9.17, 15) is 0 Å². The van der Waals surface area contributed by atoms with Gasteiger partial charge in [-0.05, 0) is 52.2 Å². The highest BCUT2D eigenvalue weighted by atomic mass is 15.2. The zero-order chi connectivity index (χ0) is 11.3. The third-order valence-corrected chi connectivity index (χ3v) is 3.96. The van der Waals surface area contributed by atoms with E-state index in [0.717, 1.165) is 5.92 Å². The average molecular weight is 212 g/mol. The molecule has 0 aromatic rings. The van der Waals surface area contributed by atoms with Gasteiger partial charge in [0.2, 0.25) is 0 Å². The second kappa shape index (κ2) is 5.86. The van der Waals surface area contributed by atoms with Crippen LogP contribution >= 0.6 is 0 Å². The van der Waals surface area contributed by atoms with Crippen molar-refractivity contribution >= 4 is 0 Å². The summed E-state index contributed by atoms with van der Waals surface area (Å²) in [7, 11) is 4.44. The average Bonchev–Trinajstić information content (AvgIpc) is 2.09. The monoisotopic (exact) mass is 212 g/mol. The van der Waals surface area contributed by atoms with Crippen LogP contribution in [0.3, 0.4) is 0 Å². The van der Waals surface area contributed by atoms with Crippen LogP contribution in [0.2, 0.25) is 0 Å². The van der Waals surface area contributed by atoms with Crippen molar-refractivity contribution in [2.75, 3.05) is 27.2 Å². The van der Waals surface area contributed by atoms with Gasteiger partial charge in [0.25, 0.3) is 0 Å². The van der Waals surface area contributed by atoms with Gasteiger partial charge in [-0.3, -0.25) is 0 Å². The molecule has 1 saturated carbocycles. The van der Waals surface area contributed by atoms with E-state index in [-0.39, 0.29) is 0 Å². The van der Waals surface area contributed by atoms with Crippen LogP contribution in [0.25, 0.3) is 0 Å². The molecule has 1 fully saturated rings. The van der Waals surface area contributed by atoms with E-state index < -0.39 is 0 Å². The van der Waals surface area contributed by atoms with E-state index in [1.807, 2.05) is 0 Å². The minimum absolute atomic E-state index is 0.478. The highest BCUT2D eigenvalue weighted by Crippen LogP contribution is 2.35. The maximum atomic E-state index is 3.65. The Hall–Kier alpha value is -0.0800. The van der Waals surface area contributed by atoms with Crippen molar-refractivity contribution in [3.63, 3.8) is 0 Å². The van der Waals surface area contributed by atoms with Gasteiger partial charge in [-0.1, -0.05) is 20.3 Å². The molecule has 15 heavy (non-hydrogen) atoms. The second-order valence-corrected chi connectivity index (χ2v) is 5.50. The van der Waals surface area contributed by atoms with E-state index in [0.29, 0.717) is 5.54 Å². The Labute approximate surface area is 95.4 Å². The van der Waals surface area contributed by atoms with Crippen molar-refractivity contribution in [3.8, 4) is 0 Å². The number of hydrogen-bond acceptors (Lipinski definition) is 2. The molecule has 2 heteroatoms. The molecule has 0 bridgehead atoms. The topological polar surface area (TPSA) is 15.3 Å². The molecular weight excluding hydrogens is 184 g/mol. The summed E-state index contributed by atoms with van der Waals surface area (Å²) in [4.78, 5) is 2.41. The van der Waals surface area contributed by atoms with Crippen molar-refractivity contribution in [2.45, 2.75) is 51.5 Å². The molecule has 0 spiro atoms. The number of nitrogens with zero attached hydrogens (tertiary/aromatic N) is 1. The van der Waals surface area contributed by atoms with Crippen LogP contribution in [0.15, 0.2) is 0 Å². The lowest BCUT2D eigenvalue weighted by Crippen LogP contribution is -2.56. The van der Waals surface area contributed by atoms with E-state index >= 15 is 0 Å². The fourth-order valence-electron chi connectivity index (χ4n) is 2.51. The molecule has 1 aliphatic rings. The lowest BCUT2D eigenvalue weighted by atomic mass is 9.75. The van der Waals surface area contributed by atoms with Gasteiger partial charge >= 0.3 is 0 Å². The second-order valence-electron chi connectivity index (χ2n) is 5.50. The van der Waals surface area contributed by atoms with Gasteiger partial charge in [-0.25, -0.2) is 0 Å². The Morgan fingerprint density at radius 1 is 1.33 bits per heavy atom. The van der Waals surface area contributed by atoms with E-state index in [1.165, 1.54) is 45.2 Å². The molecule has 0 aromatic heterocycles. The summed E-state index contributed by atoms with van der Waals surface area (Å²) in [5.74, 6) is 0.828. The first-order chi connectivity index (χ1) is 7.10. The largest absolute Gasteiger partial charge is 0.315 e. The Bertz CT molecular complexity index is 173. The number of hydrogen-bond donors (Lipinski definition) is 1. The van der Waals surface area contributed by atoms with E-state index in [2.05, 4.69) is 38.2 Å². The van der Waals surface area contributed by atoms with Crippen LogP contribution in [0.5, 0.6) is 0 Å². The van der Waals surface area contributed by atoms with Gasteiger partial charge in [0.1, 0.15) is 0 Å². The van der Waals surface area contributed by atoms with E-state index in [4.69, 9.17) is 0 Å². The van der Waals surface area contributed by atoms with Crippen molar-refractivity contribution < 1.29 is 0 Å². The minimum Gasteiger partial charge on any atom is -0.315 e. The summed E-state index contributed by atoms with van der Waals surface area (Å²) in [6, 6.07) is 0. The Kier molecular flexibility index (Phi) is 5.07. The van der Waals surface area contributed by atoms with Crippen LogP contribution < -0.4 is 5.32 Å². The van der Waals surface area contributed by atoms with Crippen molar-refractivity contribution in [2.24, 2.45) is 5.92 Å². The molecule has 0 aromatic carbocycles. The summed E-state index contributed by atoms with van der Waals surface area (Å²) in [5.41, 5.74) is 0.478. The molecule has 1 unspecified atom stereocenters. The van der Waals surface area contributed by atoms with Crippen LogP contribution in [0.1, 0.15) is 46.0 Å². The Morgan fingerprint density at radius 2 is 2.00 bits per heavy atom. The predicted octanol–water partition coefficient (Wildman–Crippen LogP) is 2.50. The molecular formula is C13H28N2. The molecule has 1 atom stereocenters. The normalized spacial score (nSPS) is 21.4. The van der Waals surface area contributed by atoms with Gasteiger partial charge < -0.3 is 10.2 Å². The fourth-order valence-corrected chi connectivity index (χ4v) is 2.51. The summed E-state index contributed by atoms with van der Waals surface area (Å²) in [5, 5.41) is 3.65. The van der Waals surface area contributed by atoms with E-state index in [1.54, 1.807) is 0 Å². The summed E-state index contributed by atoms with van der Waals surface area (Å²) in [6.07, 6.45) is 6.80. The van der Waals surface area contributed by atoms with Crippen molar-refractivity contribution in [3.05, 3.63) is 0 Å². The smallest absolute Gasteiger partial charge is 0.0327 e.